The highest BCUT2D eigenvalue weighted by atomic mass is 32.1. The molecule has 4 aliphatic heterocycles. The number of halogens is 2. The van der Waals surface area contributed by atoms with Crippen LogP contribution in [0.5, 0.6) is 5.75 Å². The maximum atomic E-state index is 16.0. The van der Waals surface area contributed by atoms with Crippen molar-refractivity contribution in [2.75, 3.05) is 89.2 Å². The molecule has 2 saturated carbocycles. The Kier molecular flexibility index (Phi) is 22.5. The van der Waals surface area contributed by atoms with Crippen LogP contribution in [0.3, 0.4) is 0 Å². The van der Waals surface area contributed by atoms with E-state index < -0.39 is 58.2 Å². The molecule has 6 aliphatic rings. The second-order valence-corrected chi connectivity index (χ2v) is 30.8. The number of anilines is 3. The van der Waals surface area contributed by atoms with Crippen molar-refractivity contribution >= 4 is 75.0 Å². The van der Waals surface area contributed by atoms with E-state index in [0.717, 1.165) is 58.9 Å². The van der Waals surface area contributed by atoms with Crippen LogP contribution in [0, 0.1) is 25.1 Å². The Bertz CT molecular complexity index is 4080. The van der Waals surface area contributed by atoms with Crippen LogP contribution in [0.25, 0.3) is 32.7 Å². The van der Waals surface area contributed by atoms with Gasteiger partial charge in [-0.1, -0.05) is 51.5 Å². The number of benzene rings is 3. The number of carbonyl (C=O) groups excluding carboxylic acids is 6. The summed E-state index contributed by atoms with van der Waals surface area (Å²) in [6, 6.07) is 14.8. The second kappa shape index (κ2) is 31.1. The van der Waals surface area contributed by atoms with Gasteiger partial charge in [-0.15, -0.1) is 11.3 Å². The molecule has 0 radical (unpaired) electrons. The topological polar surface area (TPSA) is 264 Å². The van der Waals surface area contributed by atoms with Gasteiger partial charge in [0.25, 0.3) is 11.8 Å². The highest BCUT2D eigenvalue weighted by molar-refractivity contribution is 7.13. The largest absolute Gasteiger partial charge is 0.491 e. The Hall–Kier alpha value is -8.01. The van der Waals surface area contributed by atoms with Gasteiger partial charge in [0, 0.05) is 79.1 Å². The molecule has 3 aromatic heterocycles. The van der Waals surface area contributed by atoms with Crippen LogP contribution >= 0.6 is 11.3 Å². The summed E-state index contributed by atoms with van der Waals surface area (Å²) in [5.41, 5.74) is 6.01. The monoisotopic (exact) mass is 1420 g/mol. The first-order valence-electron chi connectivity index (χ1n) is 36.2. The number of hydrogen-bond donors (Lipinski definition) is 5. The molecule has 0 bridgehead atoms. The number of nitrogens with zero attached hydrogens (tertiary/aromatic N) is 8. The number of aliphatic hydroxyl groups is 1. The van der Waals surface area contributed by atoms with Gasteiger partial charge in [0.15, 0.2) is 11.5 Å². The first-order chi connectivity index (χ1) is 48.8. The molecule has 0 unspecified atom stereocenters. The van der Waals surface area contributed by atoms with Crippen LogP contribution in [0.4, 0.5) is 26.0 Å². The number of aliphatic hydroxyl groups excluding tert-OH is 1. The fourth-order valence-electron chi connectivity index (χ4n) is 14.9. The number of β-amino-alcohol motifs (C(OH)–C–C–N with tert-alkyl or cyclic N) is 1. The average molecular weight is 1430 g/mol. The van der Waals surface area contributed by atoms with Gasteiger partial charge in [-0.3, -0.25) is 28.8 Å². The highest BCUT2D eigenvalue weighted by Crippen LogP contribution is 2.53. The Labute approximate surface area is 599 Å². The van der Waals surface area contributed by atoms with Crippen LogP contribution in [-0.2, 0) is 50.1 Å². The van der Waals surface area contributed by atoms with E-state index in [4.69, 9.17) is 28.9 Å². The van der Waals surface area contributed by atoms with Crippen molar-refractivity contribution in [3.05, 3.63) is 100 Å². The third kappa shape index (κ3) is 16.0. The van der Waals surface area contributed by atoms with Gasteiger partial charge < -0.3 is 69.5 Å². The number of imidazole rings is 1. The van der Waals surface area contributed by atoms with E-state index in [2.05, 4.69) is 48.2 Å². The number of likely N-dealkylation sites (tertiary alicyclic amines) is 3. The number of carbonyl (C=O) groups is 6. The number of hydrogen-bond acceptors (Lipinski definition) is 17. The summed E-state index contributed by atoms with van der Waals surface area (Å²) >= 11 is 1.49. The zero-order valence-corrected chi connectivity index (χ0v) is 61.0. The number of amides is 6. The van der Waals surface area contributed by atoms with Crippen LogP contribution in [0.1, 0.15) is 158 Å². The average Bonchev–Trinajstić information content (AvgIpc) is 1.55. The molecule has 23 nitrogen and oxygen atoms in total. The number of ether oxygens (including phenoxy) is 4. The lowest BCUT2D eigenvalue weighted by Gasteiger charge is -2.48. The van der Waals surface area contributed by atoms with Gasteiger partial charge in [0.1, 0.15) is 35.8 Å². The smallest absolute Gasteiger partial charge is 0.258 e. The summed E-state index contributed by atoms with van der Waals surface area (Å²) in [4.78, 5) is 106. The standard InChI is InChI=1S/C76H98F2N12O11S/c1-45(2)82-69(93)55-39-59(57(77)33-47(55)5)84-68-65-60(80-43-89(65)46(3)4)40-58(83-68)49-15-16-56-61(34-49)90(53-36-52(37-53)86-22-11-10-12-23-86)73(97)75(56)20-24-87(25-21-75)64(92)17-26-98-27-28-99-29-30-100-31-32-101-63-35-50(66-48(6)81-44-102-66)13-14-51(63)41-79-70(94)62-38-54(91)42-88(62)71(95)67(74(7,8)9)85-72(96)76(78)18-19-76/h13-16,33-35,39-40,43-46,52-54,62,67,91H,10-12,17-32,36-38,41-42H2,1-9H3,(H,79,94)(H,82,93)(H,83,84)(H,85,96)/t52?,53?,54-,62+,67-/m1/s1. The van der Waals surface area contributed by atoms with Crippen molar-refractivity contribution in [3.63, 3.8) is 0 Å². The molecule has 7 heterocycles. The van der Waals surface area contributed by atoms with Crippen molar-refractivity contribution in [3.8, 4) is 27.4 Å². The second-order valence-electron chi connectivity index (χ2n) is 30.0. The van der Waals surface area contributed by atoms with E-state index in [1.807, 2.05) is 74.4 Å². The summed E-state index contributed by atoms with van der Waals surface area (Å²) in [7, 11) is 0. The van der Waals surface area contributed by atoms with E-state index in [-0.39, 0.29) is 120 Å². The number of fused-ring (bicyclic) bond motifs is 3. The van der Waals surface area contributed by atoms with E-state index >= 15 is 9.18 Å². The third-order valence-corrected chi connectivity index (χ3v) is 21.9. The van der Waals surface area contributed by atoms with Gasteiger partial charge in [-0.2, -0.15) is 0 Å². The maximum Gasteiger partial charge on any atom is 0.258 e. The minimum absolute atomic E-state index is 0.00203. The fourth-order valence-corrected chi connectivity index (χ4v) is 15.7. The lowest BCUT2D eigenvalue weighted by molar-refractivity contribution is -0.145. The number of rotatable bonds is 28. The number of pyridine rings is 1. The molecule has 102 heavy (non-hydrogen) atoms. The Morgan fingerprint density at radius 1 is 0.794 bits per heavy atom. The Balaban J connectivity index is 0.620. The number of aryl methyl sites for hydroxylation is 2. The summed E-state index contributed by atoms with van der Waals surface area (Å²) in [5, 5.41) is 22.4. The number of alkyl halides is 1. The third-order valence-electron chi connectivity index (χ3n) is 20.9. The number of aromatic nitrogens is 4. The SMILES string of the molecule is Cc1cc(F)c(Nc2nc(-c3ccc4c(c3)N(C3CC(N5CCCCC5)C3)C(=O)C43CCN(C(=O)CCOCCOCCOCCOc4cc(-c5scnc5C)ccc4CNC(=O)[C@@H]4C[C@@H](O)CN4C(=O)[C@@H](NC(=O)C4(F)CC4)C(C)(C)C)CC3)cc3ncn(C(C)C)c23)cc1C(=O)NC(C)C. The number of piperidine rings is 2. The van der Waals surface area contributed by atoms with Gasteiger partial charge in [0.2, 0.25) is 23.6 Å². The molecule has 3 atom stereocenters. The lowest BCUT2D eigenvalue weighted by atomic mass is 9.73. The van der Waals surface area contributed by atoms with Gasteiger partial charge in [-0.25, -0.2) is 23.7 Å². The molecule has 3 aromatic carbocycles. The van der Waals surface area contributed by atoms with Crippen LogP contribution in [-0.4, -0.2) is 196 Å². The van der Waals surface area contributed by atoms with Crippen LogP contribution < -0.4 is 30.9 Å². The molecule has 548 valence electrons. The predicted molar refractivity (Wildman–Crippen MR) is 385 cm³/mol. The van der Waals surface area contributed by atoms with Gasteiger partial charge in [0.05, 0.1) is 96.9 Å². The molecular weight excluding hydrogens is 1330 g/mol. The van der Waals surface area contributed by atoms with Crippen LogP contribution in [0.15, 0.2) is 66.4 Å². The minimum Gasteiger partial charge on any atom is -0.491 e. The molecule has 5 fully saturated rings. The number of thiazole rings is 1. The van der Waals surface area contributed by atoms with E-state index in [0.29, 0.717) is 83.6 Å². The molecule has 6 aromatic rings. The van der Waals surface area contributed by atoms with Gasteiger partial charge >= 0.3 is 0 Å². The molecule has 3 saturated heterocycles. The zero-order valence-electron chi connectivity index (χ0n) is 60.1. The molecular formula is C76H98F2N12O11S. The first kappa shape index (κ1) is 73.7. The van der Waals surface area contributed by atoms with E-state index in [1.165, 1.54) is 47.6 Å². The number of nitrogens with one attached hydrogen (secondary N) is 4. The van der Waals surface area contributed by atoms with E-state index in [9.17, 15) is 33.5 Å². The molecule has 6 amide bonds. The molecule has 12 rings (SSSR count). The fraction of sp³-hybridized carbons (Fsp3) is 0.566. The summed E-state index contributed by atoms with van der Waals surface area (Å²) in [6.07, 6.45) is 7.47. The Morgan fingerprint density at radius 2 is 1.49 bits per heavy atom. The van der Waals surface area contributed by atoms with E-state index in [1.54, 1.807) is 39.5 Å². The van der Waals surface area contributed by atoms with Crippen molar-refractivity contribution < 1.29 is 61.6 Å². The van der Waals surface area contributed by atoms with Crippen molar-refractivity contribution in [2.24, 2.45) is 5.41 Å². The van der Waals surface area contributed by atoms with Crippen molar-refractivity contribution in [1.29, 1.82) is 0 Å². The lowest BCUT2D eigenvalue weighted by Crippen LogP contribution is -2.59. The molecule has 5 N–H and O–H groups in total. The first-order valence-corrected chi connectivity index (χ1v) is 37.1. The quantitative estimate of drug-likeness (QED) is 0.0286. The molecule has 1 spiro atoms. The van der Waals surface area contributed by atoms with Gasteiger partial charge in [-0.05, 0) is 158 Å². The summed E-state index contributed by atoms with van der Waals surface area (Å²) in [5.74, 6) is -1.82. The van der Waals surface area contributed by atoms with Crippen molar-refractivity contribution in [1.82, 2.24) is 50.2 Å². The van der Waals surface area contributed by atoms with Crippen molar-refractivity contribution in [2.45, 2.75) is 193 Å². The minimum atomic E-state index is -2.00. The maximum absolute atomic E-state index is 16.0. The highest BCUT2D eigenvalue weighted by Gasteiger charge is 2.57. The van der Waals surface area contributed by atoms with Crippen LogP contribution in [0.2, 0.25) is 0 Å². The zero-order chi connectivity index (χ0) is 72.4. The summed E-state index contributed by atoms with van der Waals surface area (Å²) in [6.45, 7) is 21.4. The Morgan fingerprint density at radius 3 is 2.16 bits per heavy atom. The normalized spacial score (nSPS) is 20.5. The summed E-state index contributed by atoms with van der Waals surface area (Å²) < 4.78 is 56.5. The predicted octanol–water partition coefficient (Wildman–Crippen LogP) is 9.79. The molecule has 2 aliphatic carbocycles. The molecule has 26 heteroatoms.